The molecule has 0 saturated carbocycles. The summed E-state index contributed by atoms with van der Waals surface area (Å²) < 4.78 is 0. The number of nitrogens with zero attached hydrogens (tertiary/aromatic N) is 2. The first-order valence-corrected chi connectivity index (χ1v) is 10.2. The summed E-state index contributed by atoms with van der Waals surface area (Å²) in [5.74, 6) is -1.04. The molecule has 32 heavy (non-hydrogen) atoms. The Balaban J connectivity index is 1.60. The van der Waals surface area contributed by atoms with Crippen molar-refractivity contribution in [2.24, 2.45) is 5.73 Å². The number of aliphatic hydroxyl groups excluding tert-OH is 1. The fourth-order valence-corrected chi connectivity index (χ4v) is 3.42. The highest BCUT2D eigenvalue weighted by Crippen LogP contribution is 2.26. The van der Waals surface area contributed by atoms with Gasteiger partial charge in [-0.2, -0.15) is 0 Å². The summed E-state index contributed by atoms with van der Waals surface area (Å²) in [6, 6.07) is 12.9. The highest BCUT2D eigenvalue weighted by Gasteiger charge is 2.40. The lowest BCUT2D eigenvalue weighted by Crippen LogP contribution is -2.59. The molecule has 1 heterocycles. The van der Waals surface area contributed by atoms with Crippen LogP contribution in [0.5, 0.6) is 0 Å². The van der Waals surface area contributed by atoms with Crippen LogP contribution in [0.4, 0.5) is 5.69 Å². The molecule has 9 heteroatoms. The van der Waals surface area contributed by atoms with Crippen molar-refractivity contribution in [3.63, 3.8) is 0 Å². The van der Waals surface area contributed by atoms with Gasteiger partial charge in [-0.15, -0.1) is 0 Å². The predicted octanol–water partition coefficient (Wildman–Crippen LogP) is 0.904. The summed E-state index contributed by atoms with van der Waals surface area (Å²) in [5.41, 5.74) is 7.80. The highest BCUT2D eigenvalue weighted by atomic mass is 16.3. The van der Waals surface area contributed by atoms with Gasteiger partial charge in [0, 0.05) is 38.3 Å². The van der Waals surface area contributed by atoms with Crippen LogP contribution >= 0.6 is 0 Å². The second-order valence-corrected chi connectivity index (χ2v) is 7.74. The van der Waals surface area contributed by atoms with Crippen molar-refractivity contribution < 1.29 is 19.5 Å². The van der Waals surface area contributed by atoms with Gasteiger partial charge in [-0.25, -0.2) is 0 Å². The number of likely N-dealkylation sites (tertiary alicyclic amines) is 1. The van der Waals surface area contributed by atoms with Crippen molar-refractivity contribution in [1.82, 2.24) is 10.2 Å². The lowest BCUT2D eigenvalue weighted by atomic mass is 9.98. The van der Waals surface area contributed by atoms with Crippen LogP contribution in [0, 0.1) is 5.41 Å². The van der Waals surface area contributed by atoms with Gasteiger partial charge < -0.3 is 26.0 Å². The molecule has 5 N–H and O–H groups in total. The van der Waals surface area contributed by atoms with Gasteiger partial charge >= 0.3 is 0 Å². The van der Waals surface area contributed by atoms with E-state index in [9.17, 15) is 19.5 Å². The van der Waals surface area contributed by atoms with E-state index in [1.807, 2.05) is 0 Å². The fraction of sp³-hybridized carbons (Fsp3) is 0.304. The SMILES string of the molecule is CC(=O)N(C)c1cccc(C(O)C(=O)N2CCC2C(=O)NCc2ccc(C(=N)N)cc2)c1. The van der Waals surface area contributed by atoms with Crippen molar-refractivity contribution in [3.8, 4) is 0 Å². The summed E-state index contributed by atoms with van der Waals surface area (Å²) in [6.07, 6.45) is -0.911. The lowest BCUT2D eigenvalue weighted by Gasteiger charge is -2.40. The van der Waals surface area contributed by atoms with Crippen molar-refractivity contribution in [2.45, 2.75) is 32.0 Å². The molecule has 0 aliphatic carbocycles. The Hall–Kier alpha value is -3.72. The maximum absolute atomic E-state index is 12.8. The molecule has 9 nitrogen and oxygen atoms in total. The van der Waals surface area contributed by atoms with Gasteiger partial charge in [-0.1, -0.05) is 36.4 Å². The number of rotatable bonds is 7. The summed E-state index contributed by atoms with van der Waals surface area (Å²) in [6.45, 7) is 2.08. The van der Waals surface area contributed by atoms with E-state index < -0.39 is 18.1 Å². The van der Waals surface area contributed by atoms with E-state index in [1.165, 1.54) is 16.7 Å². The number of nitrogens with two attached hydrogens (primary N) is 1. The van der Waals surface area contributed by atoms with Crippen LogP contribution in [0.15, 0.2) is 48.5 Å². The third kappa shape index (κ3) is 4.94. The topological polar surface area (TPSA) is 140 Å². The Bertz CT molecular complexity index is 1040. The van der Waals surface area contributed by atoms with Crippen LogP contribution in [0.25, 0.3) is 0 Å². The van der Waals surface area contributed by atoms with Gasteiger partial charge in [0.05, 0.1) is 0 Å². The minimum atomic E-state index is -1.43. The number of amides is 3. The standard InChI is InChI=1S/C23H27N5O4/c1-14(29)27(2)18-5-3-4-17(12-18)20(30)23(32)28-11-10-19(28)22(31)26-13-15-6-8-16(9-7-15)21(24)25/h3-9,12,19-20,30H,10-11,13H2,1-2H3,(H3,24,25)(H,26,31). The maximum Gasteiger partial charge on any atom is 0.256 e. The van der Waals surface area contributed by atoms with E-state index in [4.69, 9.17) is 11.1 Å². The van der Waals surface area contributed by atoms with E-state index in [1.54, 1.807) is 55.6 Å². The van der Waals surface area contributed by atoms with E-state index in [0.29, 0.717) is 29.8 Å². The molecule has 2 aromatic carbocycles. The van der Waals surface area contributed by atoms with Gasteiger partial charge in [0.2, 0.25) is 11.8 Å². The van der Waals surface area contributed by atoms with Gasteiger partial charge in [0.15, 0.2) is 6.10 Å². The zero-order valence-electron chi connectivity index (χ0n) is 18.0. The molecule has 2 unspecified atom stereocenters. The molecule has 1 aliphatic rings. The minimum absolute atomic E-state index is 0.0266. The maximum atomic E-state index is 12.8. The van der Waals surface area contributed by atoms with E-state index in [0.717, 1.165) is 5.56 Å². The molecule has 0 aromatic heterocycles. The van der Waals surface area contributed by atoms with Crippen molar-refractivity contribution >= 4 is 29.2 Å². The van der Waals surface area contributed by atoms with Crippen molar-refractivity contribution in [1.29, 1.82) is 5.41 Å². The molecule has 0 radical (unpaired) electrons. The Morgan fingerprint density at radius 3 is 2.50 bits per heavy atom. The molecule has 0 bridgehead atoms. The Kier molecular flexibility index (Phi) is 6.89. The number of amidine groups is 1. The average molecular weight is 438 g/mol. The second-order valence-electron chi connectivity index (χ2n) is 7.74. The number of nitrogen functional groups attached to an aromatic ring is 1. The third-order valence-corrected chi connectivity index (χ3v) is 5.62. The predicted molar refractivity (Wildman–Crippen MR) is 120 cm³/mol. The van der Waals surface area contributed by atoms with Gasteiger partial charge in [-0.3, -0.25) is 19.8 Å². The number of anilines is 1. The van der Waals surface area contributed by atoms with E-state index in [2.05, 4.69) is 5.32 Å². The lowest BCUT2D eigenvalue weighted by molar-refractivity contribution is -0.154. The van der Waals surface area contributed by atoms with Crippen LogP contribution in [-0.2, 0) is 20.9 Å². The Labute approximate surface area is 186 Å². The monoisotopic (exact) mass is 437 g/mol. The van der Waals surface area contributed by atoms with Gasteiger partial charge in [0.25, 0.3) is 5.91 Å². The van der Waals surface area contributed by atoms with Crippen LogP contribution in [0.2, 0.25) is 0 Å². The summed E-state index contributed by atoms with van der Waals surface area (Å²) in [5, 5.41) is 20.8. The molecule has 2 atom stereocenters. The zero-order chi connectivity index (χ0) is 23.4. The third-order valence-electron chi connectivity index (χ3n) is 5.62. The molecule has 2 aromatic rings. The van der Waals surface area contributed by atoms with Crippen LogP contribution < -0.4 is 16.0 Å². The number of hydrogen-bond acceptors (Lipinski definition) is 5. The quantitative estimate of drug-likeness (QED) is 0.376. The van der Waals surface area contributed by atoms with Crippen LogP contribution in [0.3, 0.4) is 0 Å². The molecule has 0 spiro atoms. The van der Waals surface area contributed by atoms with Crippen molar-refractivity contribution in [2.75, 3.05) is 18.5 Å². The molecule has 3 rings (SSSR count). The second kappa shape index (κ2) is 9.61. The first-order chi connectivity index (χ1) is 15.2. The first kappa shape index (κ1) is 23.0. The summed E-state index contributed by atoms with van der Waals surface area (Å²) in [7, 11) is 1.61. The number of nitrogens with one attached hydrogen (secondary N) is 2. The molecule has 1 aliphatic heterocycles. The van der Waals surface area contributed by atoms with E-state index in [-0.39, 0.29) is 24.2 Å². The molecule has 1 saturated heterocycles. The molecule has 168 valence electrons. The Morgan fingerprint density at radius 1 is 1.25 bits per heavy atom. The smallest absolute Gasteiger partial charge is 0.256 e. The minimum Gasteiger partial charge on any atom is -0.384 e. The van der Waals surface area contributed by atoms with Crippen molar-refractivity contribution in [3.05, 3.63) is 65.2 Å². The normalized spacial score (nSPS) is 16.0. The van der Waals surface area contributed by atoms with Crippen LogP contribution in [0.1, 0.15) is 36.1 Å². The van der Waals surface area contributed by atoms with Crippen LogP contribution in [-0.4, -0.2) is 53.2 Å². The fourth-order valence-electron chi connectivity index (χ4n) is 3.42. The molecule has 3 amide bonds. The zero-order valence-corrected chi connectivity index (χ0v) is 18.0. The average Bonchev–Trinajstić information content (AvgIpc) is 2.76. The molecule has 1 fully saturated rings. The largest absolute Gasteiger partial charge is 0.384 e. The number of aliphatic hydroxyl groups is 1. The summed E-state index contributed by atoms with van der Waals surface area (Å²) >= 11 is 0. The molecular weight excluding hydrogens is 410 g/mol. The Morgan fingerprint density at radius 2 is 1.94 bits per heavy atom. The summed E-state index contributed by atoms with van der Waals surface area (Å²) in [4.78, 5) is 39.8. The van der Waals surface area contributed by atoms with Gasteiger partial charge in [-0.05, 0) is 29.7 Å². The first-order valence-electron chi connectivity index (χ1n) is 10.2. The van der Waals surface area contributed by atoms with Gasteiger partial charge in [0.1, 0.15) is 11.9 Å². The number of hydrogen-bond donors (Lipinski definition) is 4. The molecular formula is C23H27N5O4. The number of carbonyl (C=O) groups excluding carboxylic acids is 3. The van der Waals surface area contributed by atoms with E-state index >= 15 is 0 Å². The number of benzene rings is 2. The number of carbonyl (C=O) groups is 3. The highest BCUT2D eigenvalue weighted by molar-refractivity contribution is 5.95.